The highest BCUT2D eigenvalue weighted by atomic mass is 19.1. The standard InChI is InChI=1S/C22H27FN4O/c1-13-6-9-18(23)20(10-13)27-19-5-3-4-17(19)21(25-27)22(28)24-14-11-15-7-8-16(12-14)26(15)2/h6,9-10,14-16H,3-5,7-8,11-12H2,1-2H3,(H,24,28). The first kappa shape index (κ1) is 17.9. The number of piperidine rings is 1. The minimum atomic E-state index is -0.304. The van der Waals surface area contributed by atoms with Crippen molar-refractivity contribution in [2.24, 2.45) is 0 Å². The number of hydrogen-bond acceptors (Lipinski definition) is 3. The number of aryl methyl sites for hydroxylation is 1. The maximum absolute atomic E-state index is 14.5. The van der Waals surface area contributed by atoms with Gasteiger partial charge in [-0.25, -0.2) is 9.07 Å². The zero-order chi connectivity index (χ0) is 19.4. The molecule has 0 saturated carbocycles. The third kappa shape index (κ3) is 2.85. The topological polar surface area (TPSA) is 50.2 Å². The molecule has 5 rings (SSSR count). The lowest BCUT2D eigenvalue weighted by molar-refractivity contribution is 0.0876. The minimum Gasteiger partial charge on any atom is -0.348 e. The van der Waals surface area contributed by atoms with Crippen LogP contribution < -0.4 is 5.32 Å². The van der Waals surface area contributed by atoms with Crippen molar-refractivity contribution in [3.05, 3.63) is 46.5 Å². The van der Waals surface area contributed by atoms with Gasteiger partial charge in [-0.3, -0.25) is 4.79 Å². The Morgan fingerprint density at radius 2 is 1.96 bits per heavy atom. The number of halogens is 1. The van der Waals surface area contributed by atoms with E-state index in [0.717, 1.165) is 48.9 Å². The van der Waals surface area contributed by atoms with Crippen molar-refractivity contribution >= 4 is 5.91 Å². The van der Waals surface area contributed by atoms with Crippen LogP contribution in [0.2, 0.25) is 0 Å². The first-order valence-corrected chi connectivity index (χ1v) is 10.4. The molecule has 2 bridgehead atoms. The molecule has 0 radical (unpaired) electrons. The fourth-order valence-electron chi connectivity index (χ4n) is 5.39. The van der Waals surface area contributed by atoms with Gasteiger partial charge in [-0.2, -0.15) is 5.10 Å². The lowest BCUT2D eigenvalue weighted by Crippen LogP contribution is -2.48. The second-order valence-electron chi connectivity index (χ2n) is 8.69. The van der Waals surface area contributed by atoms with Gasteiger partial charge in [0.15, 0.2) is 5.69 Å². The Bertz CT molecular complexity index is 923. The van der Waals surface area contributed by atoms with Crippen LogP contribution in [0.1, 0.15) is 59.4 Å². The van der Waals surface area contributed by atoms with Crippen molar-refractivity contribution in [1.29, 1.82) is 0 Å². The summed E-state index contributed by atoms with van der Waals surface area (Å²) < 4.78 is 16.1. The number of amides is 1. The van der Waals surface area contributed by atoms with Crippen LogP contribution in [-0.4, -0.2) is 45.8 Å². The second kappa shape index (κ2) is 6.69. The van der Waals surface area contributed by atoms with Crippen molar-refractivity contribution < 1.29 is 9.18 Å². The predicted molar refractivity (Wildman–Crippen MR) is 105 cm³/mol. The van der Waals surface area contributed by atoms with Crippen LogP contribution in [0.3, 0.4) is 0 Å². The van der Waals surface area contributed by atoms with Gasteiger partial charge in [0, 0.05) is 29.4 Å². The molecule has 2 aromatic rings. The third-order valence-electron chi connectivity index (χ3n) is 6.91. The zero-order valence-corrected chi connectivity index (χ0v) is 16.5. The van der Waals surface area contributed by atoms with Crippen molar-refractivity contribution in [3.8, 4) is 5.69 Å². The second-order valence-corrected chi connectivity index (χ2v) is 8.69. The lowest BCUT2D eigenvalue weighted by Gasteiger charge is -2.36. The van der Waals surface area contributed by atoms with E-state index in [4.69, 9.17) is 0 Å². The normalized spacial score (nSPS) is 26.5. The fourth-order valence-corrected chi connectivity index (χ4v) is 5.39. The number of benzene rings is 1. The highest BCUT2D eigenvalue weighted by Crippen LogP contribution is 2.35. The molecule has 1 N–H and O–H groups in total. The summed E-state index contributed by atoms with van der Waals surface area (Å²) in [6.45, 7) is 1.94. The number of nitrogens with one attached hydrogen (secondary N) is 1. The molecule has 2 aliphatic heterocycles. The molecule has 5 nitrogen and oxygen atoms in total. The minimum absolute atomic E-state index is 0.0982. The summed E-state index contributed by atoms with van der Waals surface area (Å²) in [6, 6.07) is 6.39. The van der Waals surface area contributed by atoms with Gasteiger partial charge in [0.2, 0.25) is 0 Å². The molecule has 3 heterocycles. The van der Waals surface area contributed by atoms with Crippen molar-refractivity contribution in [2.75, 3.05) is 7.05 Å². The van der Waals surface area contributed by atoms with Crippen LogP contribution >= 0.6 is 0 Å². The Morgan fingerprint density at radius 3 is 2.71 bits per heavy atom. The van der Waals surface area contributed by atoms with Gasteiger partial charge in [0.1, 0.15) is 11.5 Å². The molecule has 1 amide bonds. The van der Waals surface area contributed by atoms with E-state index in [1.165, 1.54) is 18.9 Å². The third-order valence-corrected chi connectivity index (χ3v) is 6.91. The first-order valence-electron chi connectivity index (χ1n) is 10.4. The predicted octanol–water partition coefficient (Wildman–Crippen LogP) is 3.16. The molecule has 2 unspecified atom stereocenters. The number of aromatic nitrogens is 2. The quantitative estimate of drug-likeness (QED) is 0.887. The van der Waals surface area contributed by atoms with E-state index in [-0.39, 0.29) is 17.8 Å². The summed E-state index contributed by atoms with van der Waals surface area (Å²) in [5.41, 5.74) is 3.88. The van der Waals surface area contributed by atoms with E-state index in [1.807, 2.05) is 6.92 Å². The summed E-state index contributed by atoms with van der Waals surface area (Å²) in [4.78, 5) is 15.6. The number of nitrogens with zero attached hydrogens (tertiary/aromatic N) is 3. The fraction of sp³-hybridized carbons (Fsp3) is 0.545. The van der Waals surface area contributed by atoms with E-state index >= 15 is 0 Å². The maximum Gasteiger partial charge on any atom is 0.272 e. The SMILES string of the molecule is Cc1ccc(F)c(-n2nc(C(=O)NC3CC4CCC(C3)N4C)c3c2CCC3)c1. The summed E-state index contributed by atoms with van der Waals surface area (Å²) >= 11 is 0. The average molecular weight is 382 g/mol. The molecule has 1 aromatic carbocycles. The van der Waals surface area contributed by atoms with Gasteiger partial charge in [-0.1, -0.05) is 6.07 Å². The summed E-state index contributed by atoms with van der Waals surface area (Å²) in [6.07, 6.45) is 7.13. The van der Waals surface area contributed by atoms with Gasteiger partial charge in [0.25, 0.3) is 5.91 Å². The number of hydrogen-bond donors (Lipinski definition) is 1. The Hall–Kier alpha value is -2.21. The number of fused-ring (bicyclic) bond motifs is 3. The molecule has 2 atom stereocenters. The Balaban J connectivity index is 1.43. The van der Waals surface area contributed by atoms with E-state index in [1.54, 1.807) is 16.8 Å². The van der Waals surface area contributed by atoms with Gasteiger partial charge < -0.3 is 10.2 Å². The summed E-state index contributed by atoms with van der Waals surface area (Å²) in [5.74, 6) is -0.402. The summed E-state index contributed by atoms with van der Waals surface area (Å²) in [5, 5.41) is 7.83. The van der Waals surface area contributed by atoms with Crippen LogP contribution in [0.15, 0.2) is 18.2 Å². The summed E-state index contributed by atoms with van der Waals surface area (Å²) in [7, 11) is 2.20. The molecule has 148 valence electrons. The van der Waals surface area contributed by atoms with Crippen LogP contribution in [0.25, 0.3) is 5.69 Å². The molecule has 28 heavy (non-hydrogen) atoms. The largest absolute Gasteiger partial charge is 0.348 e. The van der Waals surface area contributed by atoms with E-state index in [2.05, 4.69) is 22.4 Å². The number of carbonyl (C=O) groups is 1. The van der Waals surface area contributed by atoms with Crippen molar-refractivity contribution in [3.63, 3.8) is 0 Å². The molecule has 3 aliphatic rings. The average Bonchev–Trinajstić information content (AvgIpc) is 3.31. The smallest absolute Gasteiger partial charge is 0.272 e. The molecular formula is C22H27FN4O. The molecule has 2 saturated heterocycles. The van der Waals surface area contributed by atoms with Crippen LogP contribution in [0.4, 0.5) is 4.39 Å². The van der Waals surface area contributed by atoms with E-state index < -0.39 is 0 Å². The van der Waals surface area contributed by atoms with Crippen LogP contribution in [-0.2, 0) is 12.8 Å². The number of carbonyl (C=O) groups excluding carboxylic acids is 1. The Morgan fingerprint density at radius 1 is 1.21 bits per heavy atom. The monoisotopic (exact) mass is 382 g/mol. The zero-order valence-electron chi connectivity index (χ0n) is 16.5. The molecular weight excluding hydrogens is 355 g/mol. The first-order chi connectivity index (χ1) is 13.5. The van der Waals surface area contributed by atoms with Gasteiger partial charge >= 0.3 is 0 Å². The number of rotatable bonds is 3. The van der Waals surface area contributed by atoms with Crippen molar-refractivity contribution in [1.82, 2.24) is 20.0 Å². The molecule has 2 fully saturated rings. The van der Waals surface area contributed by atoms with Gasteiger partial charge in [-0.15, -0.1) is 0 Å². The molecule has 1 aromatic heterocycles. The van der Waals surface area contributed by atoms with Gasteiger partial charge in [-0.05, 0) is 76.6 Å². The van der Waals surface area contributed by atoms with Crippen LogP contribution in [0, 0.1) is 12.7 Å². The Labute approximate surface area is 164 Å². The maximum atomic E-state index is 14.5. The Kier molecular flexibility index (Phi) is 4.27. The molecule has 1 aliphatic carbocycles. The highest BCUT2D eigenvalue weighted by Gasteiger charge is 2.39. The lowest BCUT2D eigenvalue weighted by atomic mass is 9.98. The van der Waals surface area contributed by atoms with E-state index in [0.29, 0.717) is 23.5 Å². The highest BCUT2D eigenvalue weighted by molar-refractivity contribution is 5.94. The molecule has 0 spiro atoms. The van der Waals surface area contributed by atoms with Gasteiger partial charge in [0.05, 0.1) is 0 Å². The van der Waals surface area contributed by atoms with Crippen molar-refractivity contribution in [2.45, 2.75) is 70.0 Å². The van der Waals surface area contributed by atoms with Crippen LogP contribution in [0.5, 0.6) is 0 Å². The molecule has 6 heteroatoms. The van der Waals surface area contributed by atoms with E-state index in [9.17, 15) is 9.18 Å².